The van der Waals surface area contributed by atoms with Gasteiger partial charge in [0.2, 0.25) is 0 Å². The molecule has 1 fully saturated rings. The molecule has 1 saturated carbocycles. The number of rotatable bonds is 1. The second-order valence-corrected chi connectivity index (χ2v) is 4.57. The number of nitrogen functional groups attached to an aromatic ring is 1. The maximum Gasteiger partial charge on any atom is 0.264 e. The minimum Gasteiger partial charge on any atom is -0.398 e. The summed E-state index contributed by atoms with van der Waals surface area (Å²) in [4.78, 5) is 42.8. The minimum absolute atomic E-state index is 0.319. The van der Waals surface area contributed by atoms with Crippen LogP contribution < -0.4 is 11.3 Å². The summed E-state index contributed by atoms with van der Waals surface area (Å²) in [7, 11) is 0. The van der Waals surface area contributed by atoms with E-state index in [1.165, 1.54) is 0 Å². The van der Waals surface area contributed by atoms with Crippen LogP contribution in [0.3, 0.4) is 0 Å². The Balaban J connectivity index is 2.78. The van der Waals surface area contributed by atoms with Gasteiger partial charge in [0.25, 0.3) is 5.56 Å². The van der Waals surface area contributed by atoms with E-state index in [9.17, 15) is 14.4 Å². The molecule has 2 aromatic rings. The van der Waals surface area contributed by atoms with Crippen molar-refractivity contribution in [3.8, 4) is 0 Å². The molecule has 0 amide bonds. The van der Waals surface area contributed by atoms with Gasteiger partial charge in [0.05, 0.1) is 21.4 Å². The van der Waals surface area contributed by atoms with Gasteiger partial charge in [0, 0.05) is 25.8 Å². The fourth-order valence-electron chi connectivity index (χ4n) is 2.11. The van der Waals surface area contributed by atoms with E-state index >= 15 is 0 Å². The van der Waals surface area contributed by atoms with Crippen molar-refractivity contribution in [1.29, 1.82) is 0 Å². The van der Waals surface area contributed by atoms with E-state index in [2.05, 4.69) is 4.98 Å². The third kappa shape index (κ3) is 1.94. The second-order valence-electron chi connectivity index (χ2n) is 4.57. The predicted octanol–water partition coefficient (Wildman–Crippen LogP) is 1.32. The van der Waals surface area contributed by atoms with Gasteiger partial charge >= 0.3 is 0 Å². The zero-order chi connectivity index (χ0) is 27.3. The number of fused-ring (bicyclic) bond motifs is 1. The highest BCUT2D eigenvalue weighted by atomic mass is 16.2. The van der Waals surface area contributed by atoms with Gasteiger partial charge in [-0.05, 0) is 32.2 Å². The zero-order valence-electron chi connectivity index (χ0n) is 23.9. The Morgan fingerprint density at radius 3 is 3.00 bits per heavy atom. The molecule has 1 aromatic carbocycles. The molecule has 6 heteroatoms. The van der Waals surface area contributed by atoms with Gasteiger partial charge in [-0.1, -0.05) is 6.04 Å². The van der Waals surface area contributed by atoms with Crippen molar-refractivity contribution in [3.63, 3.8) is 0 Å². The highest BCUT2D eigenvalue weighted by molar-refractivity contribution is 6.05. The van der Waals surface area contributed by atoms with E-state index in [0.717, 1.165) is 0 Å². The van der Waals surface area contributed by atoms with Crippen LogP contribution in [-0.4, -0.2) is 21.1 Å². The number of aromatic nitrogens is 2. The summed E-state index contributed by atoms with van der Waals surface area (Å²) >= 11 is 0. The van der Waals surface area contributed by atoms with Gasteiger partial charge < -0.3 is 5.73 Å². The molecule has 0 spiro atoms. The molecule has 1 aliphatic carbocycles. The Morgan fingerprint density at radius 2 is 2.27 bits per heavy atom. The van der Waals surface area contributed by atoms with Crippen LogP contribution in [0.4, 0.5) is 5.69 Å². The first kappa shape index (κ1) is 5.61. The first-order valence-electron chi connectivity index (χ1n) is 12.5. The monoisotopic (exact) mass is 312 g/mol. The van der Waals surface area contributed by atoms with E-state index in [0.29, 0.717) is 0 Å². The molecule has 22 heavy (non-hydrogen) atoms. The third-order valence-corrected chi connectivity index (χ3v) is 3.17. The lowest BCUT2D eigenvalue weighted by Crippen LogP contribution is -2.49. The Bertz CT molecular complexity index is 1360. The summed E-state index contributed by atoms with van der Waals surface area (Å²) < 4.78 is 103. The number of nitrogens with zero attached hydrogens (tertiary/aromatic N) is 2. The highest BCUT2D eigenvalue weighted by Gasteiger charge is 2.41. The molecule has 1 unspecified atom stereocenters. The SMILES string of the molecule is [2H]c1c([2H])c(N)c2c(=O)n(C3(C([2H])([2H])[2H])C(=O)CC(=O)C([2H])([2H])C3([2H])[2H])c(C([2H])([2H])[2H])nc2c1[2H]. The molecule has 1 atom stereocenters. The van der Waals surface area contributed by atoms with Crippen LogP contribution in [-0.2, 0) is 15.1 Å². The number of aryl methyl sites for hydroxylation is 1. The van der Waals surface area contributed by atoms with Crippen LogP contribution in [0.15, 0.2) is 22.9 Å². The molecule has 1 heterocycles. The molecule has 0 saturated heterocycles. The Labute approximate surface area is 145 Å². The number of nitrogens with two attached hydrogens (primary N) is 1. The average molecular weight is 312 g/mol. The summed E-state index contributed by atoms with van der Waals surface area (Å²) in [6, 6.07) is -2.63. The molecule has 114 valence electrons. The number of hydrogen-bond acceptors (Lipinski definition) is 5. The molecule has 0 radical (unpaired) electrons. The second kappa shape index (κ2) is 4.76. The van der Waals surface area contributed by atoms with Crippen LogP contribution in [0, 0.1) is 6.85 Å². The molecular weight excluding hydrogens is 282 g/mol. The lowest BCUT2D eigenvalue weighted by molar-refractivity contribution is -0.136. The maximum absolute atomic E-state index is 13.7. The first-order chi connectivity index (χ1) is 15.6. The minimum atomic E-state index is -4.02. The van der Waals surface area contributed by atoms with Crippen molar-refractivity contribution < 1.29 is 27.4 Å². The number of Topliss-reactive ketones (excluding diaryl/α,β-unsaturated/α-hetero) is 2. The molecule has 0 bridgehead atoms. The van der Waals surface area contributed by atoms with Gasteiger partial charge in [-0.3, -0.25) is 19.0 Å². The van der Waals surface area contributed by atoms with Crippen molar-refractivity contribution in [2.75, 3.05) is 5.73 Å². The van der Waals surface area contributed by atoms with Crippen molar-refractivity contribution >= 4 is 28.2 Å². The van der Waals surface area contributed by atoms with Crippen molar-refractivity contribution in [1.82, 2.24) is 9.55 Å². The maximum atomic E-state index is 13.7. The molecule has 1 aliphatic rings. The van der Waals surface area contributed by atoms with E-state index in [-0.39, 0.29) is 4.57 Å². The fourth-order valence-corrected chi connectivity index (χ4v) is 2.11. The predicted molar refractivity (Wildman–Crippen MR) is 82.7 cm³/mol. The summed E-state index contributed by atoms with van der Waals surface area (Å²) in [6.45, 7) is -7.50. The van der Waals surface area contributed by atoms with E-state index in [1.807, 2.05) is 0 Å². The smallest absolute Gasteiger partial charge is 0.264 e. The molecule has 1 aromatic heterocycles. The van der Waals surface area contributed by atoms with Gasteiger partial charge in [-0.15, -0.1) is 0 Å². The summed E-state index contributed by atoms with van der Waals surface area (Å²) in [6.07, 6.45) is -9.17. The van der Waals surface area contributed by atoms with Crippen molar-refractivity contribution in [2.45, 2.75) is 38.4 Å². The first-order valence-corrected chi connectivity index (χ1v) is 5.98. The van der Waals surface area contributed by atoms with E-state index in [1.54, 1.807) is 0 Å². The van der Waals surface area contributed by atoms with Crippen LogP contribution in [0.2, 0.25) is 0 Å². The molecular formula is C16H17N3O3. The van der Waals surface area contributed by atoms with Gasteiger partial charge in [0.15, 0.2) is 5.78 Å². The zero-order valence-corrected chi connectivity index (χ0v) is 10.9. The number of carbonyl (C=O) groups excluding carboxylic acids is 2. The van der Waals surface area contributed by atoms with Gasteiger partial charge in [-0.2, -0.15) is 0 Å². The molecule has 6 nitrogen and oxygen atoms in total. The lowest BCUT2D eigenvalue weighted by atomic mass is 9.81. The quantitative estimate of drug-likeness (QED) is 0.633. The van der Waals surface area contributed by atoms with Crippen molar-refractivity contribution in [2.24, 2.45) is 0 Å². The molecule has 2 N–H and O–H groups in total. The lowest BCUT2D eigenvalue weighted by Gasteiger charge is -2.34. The van der Waals surface area contributed by atoms with Crippen LogP contribution in [0.25, 0.3) is 10.9 Å². The largest absolute Gasteiger partial charge is 0.398 e. The number of ketones is 2. The van der Waals surface area contributed by atoms with E-state index < -0.39 is 96.1 Å². The fraction of sp³-hybridized carbons (Fsp3) is 0.375. The topological polar surface area (TPSA) is 95.0 Å². The highest BCUT2D eigenvalue weighted by Crippen LogP contribution is 2.30. The standard InChI is InChI=1S/C16H17N3O3/c1-9-18-12-5-3-4-11(17)14(12)15(22)19(9)16(2)7-6-10(20)8-13(16)21/h3-5H,6-8,17H2,1-2H3/i1D3,2D3,3D,4D,5D,6D2,7D2. The number of hydrogen-bond donors (Lipinski definition) is 1. The normalized spacial score (nSPS) is 36.6. The molecule has 3 rings (SSSR count). The summed E-state index contributed by atoms with van der Waals surface area (Å²) in [5.74, 6) is -4.92. The average Bonchev–Trinajstić information content (AvgIpc) is 2.68. The number of anilines is 1. The van der Waals surface area contributed by atoms with Crippen LogP contribution >= 0.6 is 0 Å². The number of benzene rings is 1. The van der Waals surface area contributed by atoms with Gasteiger partial charge in [-0.25, -0.2) is 4.98 Å². The Kier molecular flexibility index (Phi) is 1.21. The summed E-state index contributed by atoms with van der Waals surface area (Å²) in [5.41, 5.74) is -1.57. The Morgan fingerprint density at radius 1 is 1.45 bits per heavy atom. The summed E-state index contributed by atoms with van der Waals surface area (Å²) in [5, 5.41) is -0.936. The number of carbonyl (C=O) groups is 2. The van der Waals surface area contributed by atoms with Crippen LogP contribution in [0.5, 0.6) is 0 Å². The third-order valence-electron chi connectivity index (χ3n) is 3.17. The molecule has 0 aliphatic heterocycles. The van der Waals surface area contributed by atoms with E-state index in [4.69, 9.17) is 23.6 Å². The Hall–Kier alpha value is -2.50. The van der Waals surface area contributed by atoms with Crippen LogP contribution in [0.1, 0.15) is 49.7 Å². The van der Waals surface area contributed by atoms with Crippen molar-refractivity contribution in [3.05, 3.63) is 34.3 Å². The van der Waals surface area contributed by atoms with Gasteiger partial charge in [0.1, 0.15) is 17.1 Å².